The lowest BCUT2D eigenvalue weighted by atomic mass is 9.76. The fourth-order valence-corrected chi connectivity index (χ4v) is 4.25. The van der Waals surface area contributed by atoms with Crippen molar-refractivity contribution in [1.82, 2.24) is 19.3 Å². The highest BCUT2D eigenvalue weighted by Gasteiger charge is 2.37. The molecule has 0 radical (unpaired) electrons. The highest BCUT2D eigenvalue weighted by Crippen LogP contribution is 2.35. The highest BCUT2D eigenvalue weighted by atomic mass is 16.3. The van der Waals surface area contributed by atoms with Gasteiger partial charge in [0, 0.05) is 30.9 Å². The molecular formula is C22H26N4O2. The van der Waals surface area contributed by atoms with Crippen molar-refractivity contribution in [2.24, 2.45) is 5.41 Å². The molecule has 3 aromatic rings. The predicted molar refractivity (Wildman–Crippen MR) is 107 cm³/mol. The van der Waals surface area contributed by atoms with Gasteiger partial charge >= 0.3 is 0 Å². The van der Waals surface area contributed by atoms with Crippen molar-refractivity contribution in [2.75, 3.05) is 19.7 Å². The molecule has 1 N–H and O–H groups in total. The average molecular weight is 378 g/mol. The number of hydrogen-bond acceptors (Lipinski definition) is 4. The zero-order valence-corrected chi connectivity index (χ0v) is 16.2. The Hall–Kier alpha value is -2.73. The molecule has 1 aromatic carbocycles. The van der Waals surface area contributed by atoms with Crippen LogP contribution < -0.4 is 0 Å². The Bertz CT molecular complexity index is 969. The number of piperidine rings is 1. The summed E-state index contributed by atoms with van der Waals surface area (Å²) in [6.07, 6.45) is 7.11. The monoisotopic (exact) mass is 378 g/mol. The van der Waals surface area contributed by atoms with Gasteiger partial charge in [0.05, 0.1) is 12.3 Å². The van der Waals surface area contributed by atoms with E-state index in [1.54, 1.807) is 16.7 Å². The first-order valence-corrected chi connectivity index (χ1v) is 9.86. The number of nitrogens with zero attached hydrogens (tertiary/aromatic N) is 4. The molecule has 1 aliphatic rings. The van der Waals surface area contributed by atoms with Gasteiger partial charge in [0.15, 0.2) is 0 Å². The second-order valence-corrected chi connectivity index (χ2v) is 7.81. The average Bonchev–Trinajstić information content (AvgIpc) is 3.08. The van der Waals surface area contributed by atoms with Crippen LogP contribution in [0.4, 0.5) is 0 Å². The van der Waals surface area contributed by atoms with Gasteiger partial charge in [0.1, 0.15) is 5.69 Å². The summed E-state index contributed by atoms with van der Waals surface area (Å²) in [4.78, 5) is 23.9. The number of aliphatic hydroxyl groups is 1. The lowest BCUT2D eigenvalue weighted by molar-refractivity contribution is 0.0223. The number of fused-ring (bicyclic) bond motifs is 1. The van der Waals surface area contributed by atoms with E-state index in [2.05, 4.69) is 22.1 Å². The normalized spacial score (nSPS) is 19.9. The summed E-state index contributed by atoms with van der Waals surface area (Å²) in [6, 6.07) is 12.1. The Morgan fingerprint density at radius 1 is 1.25 bits per heavy atom. The van der Waals surface area contributed by atoms with Crippen molar-refractivity contribution < 1.29 is 9.90 Å². The van der Waals surface area contributed by atoms with Gasteiger partial charge in [-0.1, -0.05) is 30.3 Å². The van der Waals surface area contributed by atoms with Crippen LogP contribution in [-0.2, 0) is 6.42 Å². The summed E-state index contributed by atoms with van der Waals surface area (Å²) in [5, 5.41) is 10.2. The van der Waals surface area contributed by atoms with E-state index in [-0.39, 0.29) is 17.9 Å². The van der Waals surface area contributed by atoms with Crippen LogP contribution in [0.25, 0.3) is 5.78 Å². The molecule has 0 unspecified atom stereocenters. The second-order valence-electron chi connectivity index (χ2n) is 7.81. The lowest BCUT2D eigenvalue weighted by Crippen LogP contribution is -2.48. The molecule has 6 heteroatoms. The highest BCUT2D eigenvalue weighted by molar-refractivity contribution is 5.94. The predicted octanol–water partition coefficient (Wildman–Crippen LogP) is 2.89. The Morgan fingerprint density at radius 3 is 2.86 bits per heavy atom. The quantitative estimate of drug-likeness (QED) is 0.741. The fourth-order valence-electron chi connectivity index (χ4n) is 4.25. The number of likely N-dealkylation sites (tertiary alicyclic amines) is 1. The fraction of sp³-hybridized carbons (Fsp3) is 0.409. The van der Waals surface area contributed by atoms with Crippen molar-refractivity contribution >= 4 is 11.7 Å². The van der Waals surface area contributed by atoms with Crippen molar-refractivity contribution in [1.29, 1.82) is 0 Å². The number of aliphatic hydroxyl groups excluding tert-OH is 1. The first kappa shape index (κ1) is 18.6. The van der Waals surface area contributed by atoms with Crippen LogP contribution in [0.3, 0.4) is 0 Å². The molecule has 1 fully saturated rings. The van der Waals surface area contributed by atoms with Gasteiger partial charge in [-0.25, -0.2) is 9.97 Å². The maximum Gasteiger partial charge on any atom is 0.272 e. The number of aromatic nitrogens is 3. The van der Waals surface area contributed by atoms with Crippen molar-refractivity contribution in [3.8, 4) is 0 Å². The molecular weight excluding hydrogens is 352 g/mol. The molecule has 4 rings (SSSR count). The van der Waals surface area contributed by atoms with Crippen LogP contribution in [0.15, 0.2) is 48.8 Å². The zero-order chi connectivity index (χ0) is 19.6. The zero-order valence-electron chi connectivity index (χ0n) is 16.2. The molecule has 2 aromatic heterocycles. The standard InChI is InChI=1S/C22H26N4O2/c1-17-19(26-14-6-12-23-21(26)24-17)20(28)25-13-5-10-22(15-25,16-27)11-9-18-7-3-2-4-8-18/h2-4,6-8,12,14,27H,5,9-11,13,15-16H2,1H3/t22-/m0/s1. The maximum absolute atomic E-state index is 13.3. The van der Waals surface area contributed by atoms with Crippen LogP contribution in [0.5, 0.6) is 0 Å². The number of carbonyl (C=O) groups is 1. The number of hydrogen-bond donors (Lipinski definition) is 1. The number of imidazole rings is 1. The van der Waals surface area contributed by atoms with Crippen LogP contribution in [0.2, 0.25) is 0 Å². The van der Waals surface area contributed by atoms with Gasteiger partial charge in [-0.3, -0.25) is 9.20 Å². The molecule has 1 atom stereocenters. The third kappa shape index (κ3) is 3.52. The van der Waals surface area contributed by atoms with E-state index in [1.165, 1.54) is 5.56 Å². The summed E-state index contributed by atoms with van der Waals surface area (Å²) in [7, 11) is 0. The lowest BCUT2D eigenvalue weighted by Gasteiger charge is -2.42. The van der Waals surface area contributed by atoms with E-state index < -0.39 is 0 Å². The number of aryl methyl sites for hydroxylation is 2. The minimum atomic E-state index is -0.254. The summed E-state index contributed by atoms with van der Waals surface area (Å²) < 4.78 is 1.76. The Labute approximate surface area is 164 Å². The molecule has 0 saturated carbocycles. The molecule has 6 nitrogen and oxygen atoms in total. The third-order valence-corrected chi connectivity index (χ3v) is 5.85. The summed E-state index contributed by atoms with van der Waals surface area (Å²) >= 11 is 0. The molecule has 1 aliphatic heterocycles. The number of amides is 1. The van der Waals surface area contributed by atoms with Crippen LogP contribution >= 0.6 is 0 Å². The van der Waals surface area contributed by atoms with E-state index in [4.69, 9.17) is 0 Å². The van der Waals surface area contributed by atoms with Crippen LogP contribution in [0, 0.1) is 12.3 Å². The first-order valence-electron chi connectivity index (χ1n) is 9.86. The Balaban J connectivity index is 1.55. The minimum Gasteiger partial charge on any atom is -0.396 e. The first-order chi connectivity index (χ1) is 13.6. The number of rotatable bonds is 5. The molecule has 28 heavy (non-hydrogen) atoms. The number of benzene rings is 1. The van der Waals surface area contributed by atoms with E-state index in [9.17, 15) is 9.90 Å². The van der Waals surface area contributed by atoms with Gasteiger partial charge in [-0.15, -0.1) is 0 Å². The van der Waals surface area contributed by atoms with E-state index in [1.807, 2.05) is 36.2 Å². The largest absolute Gasteiger partial charge is 0.396 e. The van der Waals surface area contributed by atoms with Gasteiger partial charge in [-0.05, 0) is 44.2 Å². The second kappa shape index (κ2) is 7.72. The smallest absolute Gasteiger partial charge is 0.272 e. The van der Waals surface area contributed by atoms with Crippen LogP contribution in [-0.4, -0.2) is 50.0 Å². The van der Waals surface area contributed by atoms with Crippen LogP contribution in [0.1, 0.15) is 41.0 Å². The SMILES string of the molecule is Cc1nc2ncccn2c1C(=O)N1CCC[C@](CO)(CCc2ccccc2)C1. The third-order valence-electron chi connectivity index (χ3n) is 5.85. The van der Waals surface area contributed by atoms with Crippen molar-refractivity contribution in [2.45, 2.75) is 32.6 Å². The van der Waals surface area contributed by atoms with Gasteiger partial charge in [0.2, 0.25) is 5.78 Å². The maximum atomic E-state index is 13.3. The topological polar surface area (TPSA) is 70.7 Å². The van der Waals surface area contributed by atoms with Gasteiger partial charge in [0.25, 0.3) is 5.91 Å². The minimum absolute atomic E-state index is 0.0322. The molecule has 0 spiro atoms. The molecule has 3 heterocycles. The Kier molecular flexibility index (Phi) is 5.13. The van der Waals surface area contributed by atoms with Gasteiger partial charge < -0.3 is 10.0 Å². The summed E-state index contributed by atoms with van der Waals surface area (Å²) in [6.45, 7) is 3.22. The molecule has 0 aliphatic carbocycles. The molecule has 146 valence electrons. The van der Waals surface area contributed by atoms with Crippen molar-refractivity contribution in [3.05, 3.63) is 65.7 Å². The van der Waals surface area contributed by atoms with Gasteiger partial charge in [-0.2, -0.15) is 0 Å². The van der Waals surface area contributed by atoms with E-state index >= 15 is 0 Å². The van der Waals surface area contributed by atoms with E-state index in [0.29, 0.717) is 30.3 Å². The molecule has 1 saturated heterocycles. The number of carbonyl (C=O) groups excluding carboxylic acids is 1. The van der Waals surface area contributed by atoms with Crippen molar-refractivity contribution in [3.63, 3.8) is 0 Å². The molecule has 0 bridgehead atoms. The summed E-state index contributed by atoms with van der Waals surface area (Å²) in [5.74, 6) is 0.507. The summed E-state index contributed by atoms with van der Waals surface area (Å²) in [5.41, 5.74) is 2.27. The molecule has 1 amide bonds. The Morgan fingerprint density at radius 2 is 2.07 bits per heavy atom. The van der Waals surface area contributed by atoms with E-state index in [0.717, 1.165) is 25.7 Å².